The Morgan fingerprint density at radius 2 is 2.10 bits per heavy atom. The van der Waals surface area contributed by atoms with Crippen LogP contribution in [0.2, 0.25) is 0 Å². The first-order valence-electron chi connectivity index (χ1n) is 9.61. The van der Waals surface area contributed by atoms with E-state index in [2.05, 4.69) is 0 Å². The molecule has 2 amide bonds. The summed E-state index contributed by atoms with van der Waals surface area (Å²) in [6.45, 7) is 4.78. The van der Waals surface area contributed by atoms with Gasteiger partial charge < -0.3 is 14.2 Å². The Balaban J connectivity index is 1.99. The van der Waals surface area contributed by atoms with Crippen LogP contribution in [0, 0.1) is 11.3 Å². The van der Waals surface area contributed by atoms with Gasteiger partial charge in [0.05, 0.1) is 26.4 Å². The number of hydrogen-bond acceptors (Lipinski definition) is 6. The lowest BCUT2D eigenvalue weighted by atomic mass is 9.93. The Bertz CT molecular complexity index is 920. The molecule has 0 aromatic heterocycles. The minimum absolute atomic E-state index is 0.0215. The highest BCUT2D eigenvalue weighted by Gasteiger charge is 2.37. The van der Waals surface area contributed by atoms with E-state index in [1.807, 2.05) is 13.0 Å². The Hall–Kier alpha value is -3.11. The van der Waals surface area contributed by atoms with Crippen LogP contribution in [-0.4, -0.2) is 49.7 Å². The number of carbonyl (C=O) groups excluding carboxylic acids is 2. The van der Waals surface area contributed by atoms with Crippen molar-refractivity contribution in [1.29, 1.82) is 5.26 Å². The molecule has 0 radical (unpaired) electrons. The van der Waals surface area contributed by atoms with Crippen molar-refractivity contribution in [2.75, 3.05) is 26.9 Å². The Morgan fingerprint density at radius 3 is 2.72 bits per heavy atom. The summed E-state index contributed by atoms with van der Waals surface area (Å²) in [5, 5.41) is 9.50. The molecule has 2 heterocycles. The van der Waals surface area contributed by atoms with Crippen LogP contribution in [0.15, 0.2) is 34.9 Å². The molecule has 7 heteroatoms. The number of methoxy groups -OCH3 is 1. The van der Waals surface area contributed by atoms with E-state index in [0.717, 1.165) is 17.7 Å². The Morgan fingerprint density at radius 1 is 1.31 bits per heavy atom. The minimum atomic E-state index is -0.563. The van der Waals surface area contributed by atoms with Crippen LogP contribution in [-0.2, 0) is 14.3 Å². The molecule has 7 nitrogen and oxygen atoms in total. The van der Waals surface area contributed by atoms with Gasteiger partial charge in [0, 0.05) is 12.2 Å². The number of ether oxygens (including phenoxy) is 3. The first kappa shape index (κ1) is 20.6. The molecule has 2 aliphatic heterocycles. The summed E-state index contributed by atoms with van der Waals surface area (Å²) in [7, 11) is 1.54. The van der Waals surface area contributed by atoms with Crippen molar-refractivity contribution >= 4 is 17.9 Å². The fraction of sp³-hybridized carbons (Fsp3) is 0.409. The average molecular weight is 396 g/mol. The summed E-state index contributed by atoms with van der Waals surface area (Å²) in [4.78, 5) is 26.9. The largest absolute Gasteiger partial charge is 0.493 e. The summed E-state index contributed by atoms with van der Waals surface area (Å²) in [6, 6.07) is 7.27. The van der Waals surface area contributed by atoms with Gasteiger partial charge in [-0.15, -0.1) is 0 Å². The third-order valence-corrected chi connectivity index (χ3v) is 5.03. The molecule has 1 atom stereocenters. The van der Waals surface area contributed by atoms with Crippen LogP contribution in [0.5, 0.6) is 11.5 Å². The zero-order valence-corrected chi connectivity index (χ0v) is 16.9. The van der Waals surface area contributed by atoms with Crippen molar-refractivity contribution in [3.8, 4) is 17.6 Å². The molecule has 1 aromatic carbocycles. The maximum Gasteiger partial charge on any atom is 0.271 e. The van der Waals surface area contributed by atoms with E-state index in [1.54, 1.807) is 38.3 Å². The van der Waals surface area contributed by atoms with E-state index in [9.17, 15) is 14.9 Å². The Kier molecular flexibility index (Phi) is 6.35. The van der Waals surface area contributed by atoms with Gasteiger partial charge in [-0.25, -0.2) is 0 Å². The summed E-state index contributed by atoms with van der Waals surface area (Å²) < 4.78 is 16.5. The number of imide groups is 1. The molecule has 0 spiro atoms. The summed E-state index contributed by atoms with van der Waals surface area (Å²) >= 11 is 0. The molecule has 0 N–H and O–H groups in total. The zero-order valence-electron chi connectivity index (χ0n) is 16.9. The molecular formula is C22H24N2O5. The number of nitrogens with zero attached hydrogens (tertiary/aromatic N) is 2. The maximum absolute atomic E-state index is 13.1. The summed E-state index contributed by atoms with van der Waals surface area (Å²) in [5.74, 6) is 0.160. The van der Waals surface area contributed by atoms with E-state index in [-0.39, 0.29) is 18.2 Å². The second kappa shape index (κ2) is 8.93. The number of nitriles is 1. The smallest absolute Gasteiger partial charge is 0.271 e. The standard InChI is InChI=1S/C22H24N2O5/c1-4-28-19-8-7-15(11-20(19)27-3)10-17-14(2)18(12-23)22(26)24(21(17)25)13-16-6-5-9-29-16/h7-8,10-11,16H,4-6,9,13H2,1-3H3/b17-10+. The highest BCUT2D eigenvalue weighted by molar-refractivity contribution is 6.19. The van der Waals surface area contributed by atoms with Gasteiger partial charge in [-0.2, -0.15) is 5.26 Å². The first-order valence-corrected chi connectivity index (χ1v) is 9.61. The molecule has 0 bridgehead atoms. The normalized spacial score (nSPS) is 21.0. The van der Waals surface area contributed by atoms with Crippen molar-refractivity contribution in [2.24, 2.45) is 0 Å². The molecular weight excluding hydrogens is 372 g/mol. The van der Waals surface area contributed by atoms with E-state index in [1.165, 1.54) is 0 Å². The molecule has 1 fully saturated rings. The number of carbonyl (C=O) groups is 2. The third kappa shape index (κ3) is 4.17. The maximum atomic E-state index is 13.1. The molecule has 1 saturated heterocycles. The van der Waals surface area contributed by atoms with Gasteiger partial charge >= 0.3 is 0 Å². The van der Waals surface area contributed by atoms with Crippen molar-refractivity contribution in [2.45, 2.75) is 32.8 Å². The van der Waals surface area contributed by atoms with Gasteiger partial charge in [-0.3, -0.25) is 14.5 Å². The number of benzene rings is 1. The fourth-order valence-corrected chi connectivity index (χ4v) is 3.50. The zero-order chi connectivity index (χ0) is 21.0. The topological polar surface area (TPSA) is 88.9 Å². The predicted octanol–water partition coefficient (Wildman–Crippen LogP) is 2.87. The van der Waals surface area contributed by atoms with Crippen LogP contribution in [0.1, 0.15) is 32.3 Å². The van der Waals surface area contributed by atoms with Crippen LogP contribution < -0.4 is 9.47 Å². The first-order chi connectivity index (χ1) is 14.0. The second-order valence-electron chi connectivity index (χ2n) is 6.87. The number of amides is 2. The number of rotatable bonds is 6. The van der Waals surface area contributed by atoms with Gasteiger partial charge in [0.1, 0.15) is 11.6 Å². The summed E-state index contributed by atoms with van der Waals surface area (Å²) in [6.07, 6.45) is 3.17. The van der Waals surface area contributed by atoms with Crippen LogP contribution in [0.25, 0.3) is 6.08 Å². The van der Waals surface area contributed by atoms with Crippen molar-refractivity contribution in [3.05, 3.63) is 40.5 Å². The van der Waals surface area contributed by atoms with Gasteiger partial charge in [-0.1, -0.05) is 6.07 Å². The Labute approximate surface area is 170 Å². The van der Waals surface area contributed by atoms with Gasteiger partial charge in [-0.05, 0) is 56.0 Å². The summed E-state index contributed by atoms with van der Waals surface area (Å²) in [5.41, 5.74) is 1.37. The van der Waals surface area contributed by atoms with Crippen LogP contribution >= 0.6 is 0 Å². The highest BCUT2D eigenvalue weighted by atomic mass is 16.5. The monoisotopic (exact) mass is 396 g/mol. The average Bonchev–Trinajstić information content (AvgIpc) is 3.23. The highest BCUT2D eigenvalue weighted by Crippen LogP contribution is 2.32. The lowest BCUT2D eigenvalue weighted by Gasteiger charge is -2.29. The molecule has 0 saturated carbocycles. The van der Waals surface area contributed by atoms with Gasteiger partial charge in [0.2, 0.25) is 0 Å². The lowest BCUT2D eigenvalue weighted by molar-refractivity contribution is -0.142. The molecule has 152 valence electrons. The number of hydrogen-bond donors (Lipinski definition) is 0. The van der Waals surface area contributed by atoms with Gasteiger partial charge in [0.25, 0.3) is 11.8 Å². The SMILES string of the molecule is CCOc1ccc(/C=C2/C(=O)N(CC3CCCO3)C(=O)C(C#N)=C2C)cc1OC. The van der Waals surface area contributed by atoms with Crippen molar-refractivity contribution in [1.82, 2.24) is 4.90 Å². The van der Waals surface area contributed by atoms with Crippen LogP contribution in [0.3, 0.4) is 0 Å². The fourth-order valence-electron chi connectivity index (χ4n) is 3.50. The molecule has 1 aromatic rings. The molecule has 0 aliphatic carbocycles. The minimum Gasteiger partial charge on any atom is -0.493 e. The van der Waals surface area contributed by atoms with E-state index < -0.39 is 11.8 Å². The molecule has 3 rings (SSSR count). The van der Waals surface area contributed by atoms with E-state index in [4.69, 9.17) is 14.2 Å². The molecule has 29 heavy (non-hydrogen) atoms. The third-order valence-electron chi connectivity index (χ3n) is 5.03. The van der Waals surface area contributed by atoms with E-state index in [0.29, 0.717) is 41.4 Å². The lowest BCUT2D eigenvalue weighted by Crippen LogP contribution is -2.46. The van der Waals surface area contributed by atoms with E-state index >= 15 is 0 Å². The molecule has 2 aliphatic rings. The predicted molar refractivity (Wildman–Crippen MR) is 106 cm³/mol. The second-order valence-corrected chi connectivity index (χ2v) is 6.87. The van der Waals surface area contributed by atoms with Crippen LogP contribution in [0.4, 0.5) is 0 Å². The van der Waals surface area contributed by atoms with Gasteiger partial charge in [0.15, 0.2) is 11.5 Å². The van der Waals surface area contributed by atoms with Crippen molar-refractivity contribution < 1.29 is 23.8 Å². The van der Waals surface area contributed by atoms with Crippen molar-refractivity contribution in [3.63, 3.8) is 0 Å². The quantitative estimate of drug-likeness (QED) is 0.543. The molecule has 1 unspecified atom stereocenters.